The molecule has 3 rings (SSSR count). The molecule has 1 saturated heterocycles. The third-order valence-corrected chi connectivity index (χ3v) is 4.04. The van der Waals surface area contributed by atoms with Gasteiger partial charge in [-0.3, -0.25) is 4.79 Å². The molecule has 0 radical (unpaired) electrons. The Labute approximate surface area is 121 Å². The van der Waals surface area contributed by atoms with Crippen LogP contribution in [0, 0.1) is 5.92 Å². The van der Waals surface area contributed by atoms with Crippen molar-refractivity contribution in [1.29, 1.82) is 0 Å². The molecule has 6 heteroatoms. The molecule has 0 saturated carbocycles. The number of anilines is 1. The fraction of sp³-hybridized carbons (Fsp3) is 0.333. The summed E-state index contributed by atoms with van der Waals surface area (Å²) in [6.45, 7) is 1.41. The Bertz CT molecular complexity index is 699. The summed E-state index contributed by atoms with van der Waals surface area (Å²) in [5, 5.41) is 18.9. The molecule has 6 nitrogen and oxygen atoms in total. The lowest BCUT2D eigenvalue weighted by atomic mass is 9.96. The molecule has 110 valence electrons. The zero-order valence-corrected chi connectivity index (χ0v) is 11.4. The lowest BCUT2D eigenvalue weighted by molar-refractivity contribution is -0.142. The number of rotatable bonds is 3. The summed E-state index contributed by atoms with van der Waals surface area (Å²) in [5.74, 6) is -1.95. The lowest BCUT2D eigenvalue weighted by Crippen LogP contribution is -2.36. The number of benzene rings is 1. The molecule has 1 aromatic heterocycles. The van der Waals surface area contributed by atoms with Crippen LogP contribution in [0.5, 0.6) is 0 Å². The molecule has 0 amide bonds. The van der Waals surface area contributed by atoms with Gasteiger partial charge in [-0.1, -0.05) is 0 Å². The number of hydrogen-bond acceptors (Lipinski definition) is 3. The number of aliphatic carboxylic acids is 1. The van der Waals surface area contributed by atoms with E-state index in [2.05, 4.69) is 9.88 Å². The SMILES string of the molecule is O=C(O)c1cc2cc(N3CCC(C(=O)O)CC3)ccc2[nH]1. The van der Waals surface area contributed by atoms with Gasteiger partial charge in [0.05, 0.1) is 5.92 Å². The van der Waals surface area contributed by atoms with Gasteiger partial charge in [-0.05, 0) is 37.1 Å². The van der Waals surface area contributed by atoms with Gasteiger partial charge in [-0.15, -0.1) is 0 Å². The molecular weight excluding hydrogens is 272 g/mol. The first kappa shape index (κ1) is 13.5. The topological polar surface area (TPSA) is 93.6 Å². The van der Waals surface area contributed by atoms with Gasteiger partial charge in [-0.2, -0.15) is 0 Å². The van der Waals surface area contributed by atoms with Crippen LogP contribution in [0.15, 0.2) is 24.3 Å². The average Bonchev–Trinajstić information content (AvgIpc) is 2.90. The Morgan fingerprint density at radius 2 is 1.86 bits per heavy atom. The summed E-state index contributed by atoms with van der Waals surface area (Å²) in [4.78, 5) is 26.9. The number of aromatic amines is 1. The molecule has 1 fully saturated rings. The fourth-order valence-electron chi connectivity index (χ4n) is 2.82. The number of nitrogens with one attached hydrogen (secondary N) is 1. The minimum atomic E-state index is -0.977. The van der Waals surface area contributed by atoms with Gasteiger partial charge in [0.1, 0.15) is 5.69 Å². The van der Waals surface area contributed by atoms with Crippen LogP contribution >= 0.6 is 0 Å². The highest BCUT2D eigenvalue weighted by molar-refractivity contribution is 5.94. The first-order valence-corrected chi connectivity index (χ1v) is 6.88. The number of carbonyl (C=O) groups is 2. The van der Waals surface area contributed by atoms with Crippen molar-refractivity contribution < 1.29 is 19.8 Å². The number of piperidine rings is 1. The van der Waals surface area contributed by atoms with Crippen LogP contribution in [0.3, 0.4) is 0 Å². The molecule has 2 aromatic rings. The third kappa shape index (κ3) is 2.56. The van der Waals surface area contributed by atoms with Crippen LogP contribution in [0.25, 0.3) is 10.9 Å². The van der Waals surface area contributed by atoms with E-state index in [-0.39, 0.29) is 11.6 Å². The van der Waals surface area contributed by atoms with Crippen LogP contribution < -0.4 is 4.90 Å². The molecule has 2 heterocycles. The fourth-order valence-corrected chi connectivity index (χ4v) is 2.82. The number of aromatic nitrogens is 1. The van der Waals surface area contributed by atoms with Crippen molar-refractivity contribution in [3.05, 3.63) is 30.0 Å². The zero-order chi connectivity index (χ0) is 15.0. The number of carboxylic acids is 2. The number of H-pyrrole nitrogens is 1. The second-order valence-electron chi connectivity index (χ2n) is 5.36. The van der Waals surface area contributed by atoms with E-state index < -0.39 is 11.9 Å². The largest absolute Gasteiger partial charge is 0.481 e. The number of nitrogens with zero attached hydrogens (tertiary/aromatic N) is 1. The Morgan fingerprint density at radius 3 is 2.48 bits per heavy atom. The van der Waals surface area contributed by atoms with Crippen molar-refractivity contribution >= 4 is 28.5 Å². The highest BCUT2D eigenvalue weighted by atomic mass is 16.4. The van der Waals surface area contributed by atoms with Gasteiger partial charge in [-0.25, -0.2) is 4.79 Å². The lowest BCUT2D eigenvalue weighted by Gasteiger charge is -2.32. The molecule has 1 aliphatic heterocycles. The molecule has 0 spiro atoms. The Hall–Kier alpha value is -2.50. The molecule has 0 atom stereocenters. The second kappa shape index (κ2) is 5.12. The number of carboxylic acid groups (broad SMARTS) is 2. The molecule has 21 heavy (non-hydrogen) atoms. The Kier molecular flexibility index (Phi) is 3.29. The summed E-state index contributed by atoms with van der Waals surface area (Å²) in [7, 11) is 0. The van der Waals surface area contributed by atoms with E-state index in [4.69, 9.17) is 10.2 Å². The molecule has 0 bridgehead atoms. The molecular formula is C15H16N2O4. The van der Waals surface area contributed by atoms with E-state index in [1.807, 2.05) is 18.2 Å². The van der Waals surface area contributed by atoms with Gasteiger partial charge < -0.3 is 20.1 Å². The molecule has 3 N–H and O–H groups in total. The number of aromatic carboxylic acids is 1. The van der Waals surface area contributed by atoms with Crippen molar-refractivity contribution in [2.24, 2.45) is 5.92 Å². The van der Waals surface area contributed by atoms with Gasteiger partial charge in [0, 0.05) is 29.7 Å². The highest BCUT2D eigenvalue weighted by Gasteiger charge is 2.24. The minimum Gasteiger partial charge on any atom is -0.481 e. The van der Waals surface area contributed by atoms with Crippen molar-refractivity contribution in [2.75, 3.05) is 18.0 Å². The van der Waals surface area contributed by atoms with E-state index in [0.717, 1.165) is 16.6 Å². The van der Waals surface area contributed by atoms with Crippen LogP contribution in [0.4, 0.5) is 5.69 Å². The zero-order valence-electron chi connectivity index (χ0n) is 11.4. The number of fused-ring (bicyclic) bond motifs is 1. The van der Waals surface area contributed by atoms with E-state index in [1.54, 1.807) is 6.07 Å². The van der Waals surface area contributed by atoms with Gasteiger partial charge in [0.25, 0.3) is 0 Å². The summed E-state index contributed by atoms with van der Waals surface area (Å²) < 4.78 is 0. The van der Waals surface area contributed by atoms with E-state index >= 15 is 0 Å². The molecule has 1 aromatic carbocycles. The Morgan fingerprint density at radius 1 is 1.14 bits per heavy atom. The van der Waals surface area contributed by atoms with Crippen LogP contribution in [0.1, 0.15) is 23.3 Å². The van der Waals surface area contributed by atoms with E-state index in [9.17, 15) is 9.59 Å². The van der Waals surface area contributed by atoms with Crippen LogP contribution in [-0.2, 0) is 4.79 Å². The second-order valence-corrected chi connectivity index (χ2v) is 5.36. The predicted octanol–water partition coefficient (Wildman–Crippen LogP) is 2.17. The predicted molar refractivity (Wildman–Crippen MR) is 77.8 cm³/mol. The van der Waals surface area contributed by atoms with Gasteiger partial charge in [0.15, 0.2) is 0 Å². The van der Waals surface area contributed by atoms with Gasteiger partial charge in [0.2, 0.25) is 0 Å². The maximum absolute atomic E-state index is 11.0. The van der Waals surface area contributed by atoms with Gasteiger partial charge >= 0.3 is 11.9 Å². The highest BCUT2D eigenvalue weighted by Crippen LogP contribution is 2.27. The Balaban J connectivity index is 1.81. The summed E-state index contributed by atoms with van der Waals surface area (Å²) in [6.07, 6.45) is 1.28. The summed E-state index contributed by atoms with van der Waals surface area (Å²) >= 11 is 0. The molecule has 0 aliphatic carbocycles. The van der Waals surface area contributed by atoms with Crippen molar-refractivity contribution in [1.82, 2.24) is 4.98 Å². The number of hydrogen-bond donors (Lipinski definition) is 3. The van der Waals surface area contributed by atoms with Crippen LogP contribution in [0.2, 0.25) is 0 Å². The monoisotopic (exact) mass is 288 g/mol. The first-order valence-electron chi connectivity index (χ1n) is 6.88. The van der Waals surface area contributed by atoms with Crippen molar-refractivity contribution in [2.45, 2.75) is 12.8 Å². The smallest absolute Gasteiger partial charge is 0.352 e. The summed E-state index contributed by atoms with van der Waals surface area (Å²) in [5.41, 5.74) is 1.96. The van der Waals surface area contributed by atoms with Crippen molar-refractivity contribution in [3.8, 4) is 0 Å². The third-order valence-electron chi connectivity index (χ3n) is 4.04. The average molecular weight is 288 g/mol. The standard InChI is InChI=1S/C15H16N2O4/c18-14(19)9-3-5-17(6-4-9)11-1-2-12-10(7-11)8-13(16-12)15(20)21/h1-2,7-9,16H,3-6H2,(H,18,19)(H,20,21). The van der Waals surface area contributed by atoms with E-state index in [0.29, 0.717) is 25.9 Å². The maximum Gasteiger partial charge on any atom is 0.352 e. The normalized spacial score (nSPS) is 16.3. The minimum absolute atomic E-state index is 0.173. The quantitative estimate of drug-likeness (QED) is 0.804. The molecule has 1 aliphatic rings. The van der Waals surface area contributed by atoms with Crippen molar-refractivity contribution in [3.63, 3.8) is 0 Å². The van der Waals surface area contributed by atoms with E-state index in [1.165, 1.54) is 0 Å². The molecule has 0 unspecified atom stereocenters. The van der Waals surface area contributed by atoms with Crippen LogP contribution in [-0.4, -0.2) is 40.2 Å². The summed E-state index contributed by atoms with van der Waals surface area (Å²) in [6, 6.07) is 7.36. The maximum atomic E-state index is 11.0. The first-order chi connectivity index (χ1) is 10.0.